The number of ether oxygens (including phenoxy) is 1. The van der Waals surface area contributed by atoms with Crippen molar-refractivity contribution in [2.75, 3.05) is 17.2 Å². The number of benzene rings is 2. The molecule has 0 unspecified atom stereocenters. The second-order valence-electron chi connectivity index (χ2n) is 5.88. The molecule has 0 bridgehead atoms. The molecule has 0 atom stereocenters. The van der Waals surface area contributed by atoms with E-state index in [2.05, 4.69) is 15.6 Å². The number of pyridine rings is 1. The summed E-state index contributed by atoms with van der Waals surface area (Å²) in [7, 11) is 0. The number of amides is 1. The van der Waals surface area contributed by atoms with Gasteiger partial charge in [-0.3, -0.25) is 4.79 Å². The average molecular weight is 347 g/mol. The van der Waals surface area contributed by atoms with Crippen LogP contribution in [0.2, 0.25) is 0 Å². The van der Waals surface area contributed by atoms with Crippen molar-refractivity contribution in [1.29, 1.82) is 0 Å². The molecular formula is C21H21N3O2. The molecule has 0 saturated heterocycles. The van der Waals surface area contributed by atoms with Crippen LogP contribution in [-0.2, 0) is 4.79 Å². The van der Waals surface area contributed by atoms with Crippen LogP contribution in [0.5, 0.6) is 5.75 Å². The predicted molar refractivity (Wildman–Crippen MR) is 104 cm³/mol. The van der Waals surface area contributed by atoms with Gasteiger partial charge in [-0.25, -0.2) is 4.98 Å². The van der Waals surface area contributed by atoms with Crippen molar-refractivity contribution in [3.8, 4) is 5.75 Å². The molecule has 0 radical (unpaired) electrons. The number of hydrogen-bond donors (Lipinski definition) is 2. The number of hydrogen-bond acceptors (Lipinski definition) is 4. The molecule has 0 aliphatic rings. The van der Waals surface area contributed by atoms with Crippen molar-refractivity contribution in [2.24, 2.45) is 0 Å². The van der Waals surface area contributed by atoms with Crippen molar-refractivity contribution in [2.45, 2.75) is 13.3 Å². The van der Waals surface area contributed by atoms with Crippen LogP contribution in [0, 0.1) is 6.92 Å². The van der Waals surface area contributed by atoms with Gasteiger partial charge in [0.2, 0.25) is 5.91 Å². The van der Waals surface area contributed by atoms with E-state index in [-0.39, 0.29) is 12.3 Å². The molecule has 5 nitrogen and oxygen atoms in total. The van der Waals surface area contributed by atoms with Gasteiger partial charge in [0.15, 0.2) is 0 Å². The van der Waals surface area contributed by atoms with Crippen LogP contribution in [0.3, 0.4) is 0 Å². The molecule has 26 heavy (non-hydrogen) atoms. The number of aromatic nitrogens is 1. The third-order valence-corrected chi connectivity index (χ3v) is 3.71. The van der Waals surface area contributed by atoms with E-state index >= 15 is 0 Å². The minimum absolute atomic E-state index is 0.132. The van der Waals surface area contributed by atoms with Gasteiger partial charge in [0, 0.05) is 5.69 Å². The normalized spacial score (nSPS) is 10.2. The van der Waals surface area contributed by atoms with Gasteiger partial charge in [0.05, 0.1) is 24.9 Å². The van der Waals surface area contributed by atoms with E-state index in [0.717, 1.165) is 17.1 Å². The Morgan fingerprint density at radius 2 is 1.69 bits per heavy atom. The van der Waals surface area contributed by atoms with Crippen molar-refractivity contribution in [3.63, 3.8) is 0 Å². The van der Waals surface area contributed by atoms with Gasteiger partial charge in [-0.05, 0) is 43.3 Å². The van der Waals surface area contributed by atoms with Gasteiger partial charge in [0.1, 0.15) is 11.6 Å². The van der Waals surface area contributed by atoms with Crippen LogP contribution in [-0.4, -0.2) is 17.5 Å². The zero-order valence-electron chi connectivity index (χ0n) is 14.6. The average Bonchev–Trinajstić information content (AvgIpc) is 2.66. The lowest BCUT2D eigenvalue weighted by Gasteiger charge is -2.09. The van der Waals surface area contributed by atoms with E-state index in [1.807, 2.05) is 67.6 Å². The Hall–Kier alpha value is -3.34. The fraction of sp³-hybridized carbons (Fsp3) is 0.143. The first-order valence-corrected chi connectivity index (χ1v) is 8.46. The summed E-state index contributed by atoms with van der Waals surface area (Å²) in [6, 6.07) is 21.2. The lowest BCUT2D eigenvalue weighted by Crippen LogP contribution is -2.15. The third-order valence-electron chi connectivity index (χ3n) is 3.71. The summed E-state index contributed by atoms with van der Waals surface area (Å²) in [6.45, 7) is 2.37. The van der Waals surface area contributed by atoms with Crippen LogP contribution in [0.15, 0.2) is 72.9 Å². The van der Waals surface area contributed by atoms with E-state index in [0.29, 0.717) is 12.4 Å². The predicted octanol–water partition coefficient (Wildman–Crippen LogP) is 4.54. The summed E-state index contributed by atoms with van der Waals surface area (Å²) in [5.74, 6) is 1.14. The zero-order chi connectivity index (χ0) is 18.2. The van der Waals surface area contributed by atoms with Crippen LogP contribution < -0.4 is 15.4 Å². The van der Waals surface area contributed by atoms with Gasteiger partial charge < -0.3 is 15.4 Å². The molecule has 5 heteroatoms. The summed E-state index contributed by atoms with van der Waals surface area (Å²) in [4.78, 5) is 16.2. The molecule has 3 rings (SSSR count). The van der Waals surface area contributed by atoms with E-state index in [4.69, 9.17) is 4.74 Å². The zero-order valence-corrected chi connectivity index (χ0v) is 14.6. The molecule has 2 aromatic carbocycles. The van der Waals surface area contributed by atoms with Gasteiger partial charge in [-0.15, -0.1) is 0 Å². The highest BCUT2D eigenvalue weighted by atomic mass is 16.5. The van der Waals surface area contributed by atoms with E-state index in [9.17, 15) is 4.79 Å². The molecular weight excluding hydrogens is 326 g/mol. The topological polar surface area (TPSA) is 63.2 Å². The fourth-order valence-corrected chi connectivity index (χ4v) is 2.33. The number of anilines is 3. The Morgan fingerprint density at radius 1 is 0.962 bits per heavy atom. The number of para-hydroxylation sites is 1. The summed E-state index contributed by atoms with van der Waals surface area (Å²) < 4.78 is 5.52. The summed E-state index contributed by atoms with van der Waals surface area (Å²) in [6.07, 6.45) is 1.95. The minimum atomic E-state index is -0.132. The Kier molecular flexibility index (Phi) is 5.83. The van der Waals surface area contributed by atoms with Gasteiger partial charge >= 0.3 is 0 Å². The standard InChI is InChI=1S/C21H21N3O2/c1-16-7-9-17(10-8-16)23-18-11-12-20(22-15-18)24-21(25)13-14-26-19-5-3-2-4-6-19/h2-12,15,23H,13-14H2,1H3,(H,22,24,25). The SMILES string of the molecule is Cc1ccc(Nc2ccc(NC(=O)CCOc3ccccc3)nc2)cc1. The summed E-state index contributed by atoms with van der Waals surface area (Å²) >= 11 is 0. The highest BCUT2D eigenvalue weighted by molar-refractivity contribution is 5.89. The molecule has 1 aromatic heterocycles. The fourth-order valence-electron chi connectivity index (χ4n) is 2.33. The smallest absolute Gasteiger partial charge is 0.228 e. The molecule has 3 aromatic rings. The van der Waals surface area contributed by atoms with Crippen LogP contribution >= 0.6 is 0 Å². The largest absolute Gasteiger partial charge is 0.493 e. The second-order valence-corrected chi connectivity index (χ2v) is 5.88. The quantitative estimate of drug-likeness (QED) is 0.658. The second kappa shape index (κ2) is 8.67. The lowest BCUT2D eigenvalue weighted by molar-refractivity contribution is -0.116. The Balaban J connectivity index is 1.46. The number of rotatable bonds is 7. The van der Waals surface area contributed by atoms with Gasteiger partial charge in [-0.1, -0.05) is 35.9 Å². The van der Waals surface area contributed by atoms with Crippen LogP contribution in [0.1, 0.15) is 12.0 Å². The maximum atomic E-state index is 12.0. The molecule has 0 saturated carbocycles. The van der Waals surface area contributed by atoms with Crippen molar-refractivity contribution < 1.29 is 9.53 Å². The molecule has 0 spiro atoms. The molecule has 0 aliphatic carbocycles. The van der Waals surface area contributed by atoms with Gasteiger partial charge in [0.25, 0.3) is 0 Å². The Bertz CT molecular complexity index is 831. The van der Waals surface area contributed by atoms with E-state index in [1.54, 1.807) is 12.3 Å². The molecule has 0 fully saturated rings. The monoisotopic (exact) mass is 347 g/mol. The Morgan fingerprint density at radius 3 is 2.38 bits per heavy atom. The number of carbonyl (C=O) groups excluding carboxylic acids is 1. The minimum Gasteiger partial charge on any atom is -0.493 e. The first-order chi connectivity index (χ1) is 12.7. The van der Waals surface area contributed by atoms with E-state index < -0.39 is 0 Å². The summed E-state index contributed by atoms with van der Waals surface area (Å²) in [5.41, 5.74) is 3.06. The van der Waals surface area contributed by atoms with Crippen LogP contribution in [0.4, 0.5) is 17.2 Å². The number of carbonyl (C=O) groups is 1. The molecule has 2 N–H and O–H groups in total. The number of aryl methyl sites for hydroxylation is 1. The summed E-state index contributed by atoms with van der Waals surface area (Å²) in [5, 5.41) is 6.04. The molecule has 0 aliphatic heterocycles. The van der Waals surface area contributed by atoms with Crippen molar-refractivity contribution >= 4 is 23.1 Å². The first-order valence-electron chi connectivity index (χ1n) is 8.46. The molecule has 1 amide bonds. The van der Waals surface area contributed by atoms with Crippen LogP contribution in [0.25, 0.3) is 0 Å². The first kappa shape index (κ1) is 17.5. The van der Waals surface area contributed by atoms with Crippen molar-refractivity contribution in [1.82, 2.24) is 4.98 Å². The highest BCUT2D eigenvalue weighted by Gasteiger charge is 2.04. The van der Waals surface area contributed by atoms with Gasteiger partial charge in [-0.2, -0.15) is 0 Å². The Labute approximate surface area is 153 Å². The maximum Gasteiger partial charge on any atom is 0.228 e. The third kappa shape index (κ3) is 5.34. The van der Waals surface area contributed by atoms with Crippen molar-refractivity contribution in [3.05, 3.63) is 78.5 Å². The molecule has 1 heterocycles. The lowest BCUT2D eigenvalue weighted by atomic mass is 10.2. The number of nitrogens with one attached hydrogen (secondary N) is 2. The molecule has 132 valence electrons. The maximum absolute atomic E-state index is 12.0. The van der Waals surface area contributed by atoms with E-state index in [1.165, 1.54) is 5.56 Å². The highest BCUT2D eigenvalue weighted by Crippen LogP contribution is 2.17. The number of nitrogens with zero attached hydrogens (tertiary/aromatic N) is 1.